The van der Waals surface area contributed by atoms with Crippen molar-refractivity contribution in [1.82, 2.24) is 15.1 Å². The van der Waals surface area contributed by atoms with E-state index in [4.69, 9.17) is 0 Å². The van der Waals surface area contributed by atoms with Gasteiger partial charge in [-0.15, -0.1) is 10.2 Å². The number of rotatable bonds is 3. The van der Waals surface area contributed by atoms with Crippen molar-refractivity contribution in [2.24, 2.45) is 0 Å². The third-order valence-corrected chi connectivity index (χ3v) is 4.52. The number of alkyl halides is 3. The topological polar surface area (TPSA) is 41.1 Å². The fourth-order valence-electron chi connectivity index (χ4n) is 3.15. The van der Waals surface area contributed by atoms with E-state index < -0.39 is 17.6 Å². The number of benzene rings is 1. The normalized spacial score (nSPS) is 18.8. The molecule has 0 saturated carbocycles. The molecule has 3 rings (SSSR count). The second kappa shape index (κ2) is 7.19. The Kier molecular flexibility index (Phi) is 5.13. The van der Waals surface area contributed by atoms with Crippen LogP contribution in [0.4, 0.5) is 23.4 Å². The fraction of sp³-hybridized carbons (Fsp3) is 0.444. The van der Waals surface area contributed by atoms with Crippen LogP contribution in [0.5, 0.6) is 0 Å². The molecule has 2 heterocycles. The summed E-state index contributed by atoms with van der Waals surface area (Å²) in [5.74, 6) is -0.677. The number of anilines is 1. The van der Waals surface area contributed by atoms with Gasteiger partial charge in [-0.05, 0) is 57.1 Å². The Hall–Kier alpha value is -2.22. The Morgan fingerprint density at radius 2 is 1.96 bits per heavy atom. The van der Waals surface area contributed by atoms with Gasteiger partial charge >= 0.3 is 6.18 Å². The first-order valence-corrected chi connectivity index (χ1v) is 8.40. The molecule has 0 radical (unpaired) electrons. The maximum absolute atomic E-state index is 13.8. The zero-order valence-corrected chi connectivity index (χ0v) is 14.6. The van der Waals surface area contributed by atoms with E-state index in [1.54, 1.807) is 6.07 Å². The van der Waals surface area contributed by atoms with Gasteiger partial charge in [0, 0.05) is 18.2 Å². The van der Waals surface area contributed by atoms with Gasteiger partial charge < -0.3 is 10.2 Å². The van der Waals surface area contributed by atoms with Gasteiger partial charge in [0.2, 0.25) is 0 Å². The van der Waals surface area contributed by atoms with Gasteiger partial charge in [0.15, 0.2) is 5.82 Å². The molecule has 4 nitrogen and oxygen atoms in total. The predicted molar refractivity (Wildman–Crippen MR) is 91.3 cm³/mol. The fourth-order valence-corrected chi connectivity index (χ4v) is 3.15. The Bertz CT molecular complexity index is 791. The Balaban J connectivity index is 1.80. The first kappa shape index (κ1) is 18.6. The van der Waals surface area contributed by atoms with E-state index in [1.807, 2.05) is 6.92 Å². The number of likely N-dealkylation sites (N-methyl/N-ethyl adjacent to an activating group) is 1. The smallest absolute Gasteiger partial charge is 0.364 e. The molecule has 1 aliphatic rings. The summed E-state index contributed by atoms with van der Waals surface area (Å²) in [7, 11) is 2.06. The molecule has 1 aromatic heterocycles. The van der Waals surface area contributed by atoms with E-state index in [0.29, 0.717) is 11.5 Å². The number of aryl methyl sites for hydroxylation is 1. The summed E-state index contributed by atoms with van der Waals surface area (Å²) in [5, 5.41) is 11.6. The SMILES string of the molecule is Cc1cc(-c2ccc(C(F)(F)F)c(F)c2)nnc1N[C@@H]1CCCN(C)C1. The summed E-state index contributed by atoms with van der Waals surface area (Å²) in [6.45, 7) is 3.82. The number of aromatic nitrogens is 2. The summed E-state index contributed by atoms with van der Waals surface area (Å²) in [5.41, 5.74) is 0.116. The van der Waals surface area contributed by atoms with Crippen molar-refractivity contribution < 1.29 is 17.6 Å². The summed E-state index contributed by atoms with van der Waals surface area (Å²) in [4.78, 5) is 2.24. The number of nitrogens with zero attached hydrogens (tertiary/aromatic N) is 3. The maximum Gasteiger partial charge on any atom is 0.419 e. The van der Waals surface area contributed by atoms with Crippen LogP contribution in [-0.2, 0) is 6.18 Å². The van der Waals surface area contributed by atoms with Gasteiger partial charge in [0.1, 0.15) is 5.82 Å². The molecule has 1 aliphatic heterocycles. The van der Waals surface area contributed by atoms with Crippen LogP contribution in [0.25, 0.3) is 11.3 Å². The number of hydrogen-bond donors (Lipinski definition) is 1. The van der Waals surface area contributed by atoms with E-state index >= 15 is 0 Å². The molecule has 140 valence electrons. The van der Waals surface area contributed by atoms with Crippen molar-refractivity contribution in [3.05, 3.63) is 41.2 Å². The van der Waals surface area contributed by atoms with Crippen LogP contribution >= 0.6 is 0 Å². The average molecular weight is 368 g/mol. The highest BCUT2D eigenvalue weighted by Gasteiger charge is 2.34. The summed E-state index contributed by atoms with van der Waals surface area (Å²) in [6.07, 6.45) is -2.58. The highest BCUT2D eigenvalue weighted by Crippen LogP contribution is 2.33. The second-order valence-electron chi connectivity index (χ2n) is 6.70. The highest BCUT2D eigenvalue weighted by molar-refractivity contribution is 5.62. The molecular formula is C18H20F4N4. The van der Waals surface area contributed by atoms with Crippen LogP contribution in [0.15, 0.2) is 24.3 Å². The Morgan fingerprint density at radius 3 is 2.58 bits per heavy atom. The number of likely N-dealkylation sites (tertiary alicyclic amines) is 1. The van der Waals surface area contributed by atoms with E-state index in [-0.39, 0.29) is 11.6 Å². The van der Waals surface area contributed by atoms with Gasteiger partial charge in [0.05, 0.1) is 11.3 Å². The molecule has 0 spiro atoms. The molecule has 1 saturated heterocycles. The molecule has 0 bridgehead atoms. The molecule has 1 fully saturated rings. The molecule has 1 N–H and O–H groups in total. The van der Waals surface area contributed by atoms with Crippen LogP contribution in [-0.4, -0.2) is 41.3 Å². The number of hydrogen-bond acceptors (Lipinski definition) is 4. The lowest BCUT2D eigenvalue weighted by atomic mass is 10.1. The standard InChI is InChI=1S/C18H20F4N4/c1-11-8-16(12-5-6-14(15(19)9-12)18(20,21)22)24-25-17(11)23-13-4-3-7-26(2)10-13/h5-6,8-9,13H,3-4,7,10H2,1-2H3,(H,23,25)/t13-/m1/s1. The van der Waals surface area contributed by atoms with Crippen LogP contribution in [0.3, 0.4) is 0 Å². The summed E-state index contributed by atoms with van der Waals surface area (Å²) >= 11 is 0. The van der Waals surface area contributed by atoms with Crippen molar-refractivity contribution in [3.8, 4) is 11.3 Å². The average Bonchev–Trinajstić information content (AvgIpc) is 2.55. The number of nitrogens with one attached hydrogen (secondary N) is 1. The van der Waals surface area contributed by atoms with E-state index in [2.05, 4.69) is 27.5 Å². The molecule has 26 heavy (non-hydrogen) atoms. The molecule has 0 amide bonds. The minimum atomic E-state index is -4.72. The van der Waals surface area contributed by atoms with Crippen LogP contribution in [0, 0.1) is 12.7 Å². The quantitative estimate of drug-likeness (QED) is 0.828. The van der Waals surface area contributed by atoms with Gasteiger partial charge in [-0.25, -0.2) is 4.39 Å². The van der Waals surface area contributed by atoms with Crippen LogP contribution in [0.1, 0.15) is 24.0 Å². The monoisotopic (exact) mass is 368 g/mol. The van der Waals surface area contributed by atoms with Gasteiger partial charge in [-0.2, -0.15) is 13.2 Å². The van der Waals surface area contributed by atoms with Crippen molar-refractivity contribution in [2.75, 3.05) is 25.5 Å². The first-order chi connectivity index (χ1) is 12.2. The molecule has 8 heteroatoms. The minimum Gasteiger partial charge on any atom is -0.364 e. The van der Waals surface area contributed by atoms with Crippen molar-refractivity contribution in [2.45, 2.75) is 32.0 Å². The Morgan fingerprint density at radius 1 is 1.19 bits per heavy atom. The van der Waals surface area contributed by atoms with E-state index in [9.17, 15) is 17.6 Å². The maximum atomic E-state index is 13.8. The first-order valence-electron chi connectivity index (χ1n) is 8.40. The lowest BCUT2D eigenvalue weighted by molar-refractivity contribution is -0.139. The van der Waals surface area contributed by atoms with Crippen LogP contribution in [0.2, 0.25) is 0 Å². The zero-order chi connectivity index (χ0) is 18.9. The van der Waals surface area contributed by atoms with Gasteiger partial charge in [-0.3, -0.25) is 0 Å². The largest absolute Gasteiger partial charge is 0.419 e. The molecular weight excluding hydrogens is 348 g/mol. The van der Waals surface area contributed by atoms with Gasteiger partial charge in [-0.1, -0.05) is 6.07 Å². The minimum absolute atomic E-state index is 0.259. The van der Waals surface area contributed by atoms with E-state index in [1.165, 1.54) is 6.07 Å². The van der Waals surface area contributed by atoms with Crippen molar-refractivity contribution >= 4 is 5.82 Å². The van der Waals surface area contributed by atoms with Crippen LogP contribution < -0.4 is 5.32 Å². The molecule has 0 aliphatic carbocycles. The molecule has 1 atom stereocenters. The second-order valence-corrected chi connectivity index (χ2v) is 6.70. The van der Waals surface area contributed by atoms with Crippen molar-refractivity contribution in [3.63, 3.8) is 0 Å². The predicted octanol–water partition coefficient (Wildman–Crippen LogP) is 4.12. The summed E-state index contributed by atoms with van der Waals surface area (Å²) in [6, 6.07) is 4.75. The molecule has 2 aromatic rings. The Labute approximate surface area is 149 Å². The van der Waals surface area contributed by atoms with Gasteiger partial charge in [0.25, 0.3) is 0 Å². The lowest BCUT2D eigenvalue weighted by Gasteiger charge is -2.30. The zero-order valence-electron chi connectivity index (χ0n) is 14.6. The molecule has 0 unspecified atom stereocenters. The molecule has 1 aromatic carbocycles. The van der Waals surface area contributed by atoms with Crippen molar-refractivity contribution in [1.29, 1.82) is 0 Å². The highest BCUT2D eigenvalue weighted by atomic mass is 19.4. The number of halogens is 4. The summed E-state index contributed by atoms with van der Waals surface area (Å²) < 4.78 is 51.8. The number of piperidine rings is 1. The van der Waals surface area contributed by atoms with E-state index in [0.717, 1.165) is 43.6 Å². The third kappa shape index (κ3) is 4.12. The third-order valence-electron chi connectivity index (χ3n) is 4.52. The lowest BCUT2D eigenvalue weighted by Crippen LogP contribution is -2.40.